The number of aromatic nitrogens is 3. The summed E-state index contributed by atoms with van der Waals surface area (Å²) in [5.74, 6) is 1.67. The molecular formula is C20H27N5O. The van der Waals surface area contributed by atoms with Crippen LogP contribution in [0.4, 0.5) is 0 Å². The number of pyridine rings is 1. The topological polar surface area (TPSA) is 54.3 Å². The van der Waals surface area contributed by atoms with Gasteiger partial charge in [-0.15, -0.1) is 0 Å². The van der Waals surface area contributed by atoms with Crippen LogP contribution in [0.5, 0.6) is 0 Å². The highest BCUT2D eigenvalue weighted by Gasteiger charge is 2.53. The average Bonchev–Trinajstić information content (AvgIpc) is 3.18. The molecule has 0 unspecified atom stereocenters. The summed E-state index contributed by atoms with van der Waals surface area (Å²) in [5.41, 5.74) is 1.20. The quantitative estimate of drug-likeness (QED) is 0.845. The Morgan fingerprint density at radius 2 is 1.92 bits per heavy atom. The number of aryl methyl sites for hydroxylation is 1. The second-order valence-electron chi connectivity index (χ2n) is 7.51. The Balaban J connectivity index is 1.55. The molecule has 6 nitrogen and oxygen atoms in total. The van der Waals surface area contributed by atoms with E-state index in [1.165, 1.54) is 5.56 Å². The van der Waals surface area contributed by atoms with Crippen LogP contribution >= 0.6 is 0 Å². The third kappa shape index (κ3) is 2.82. The Labute approximate surface area is 154 Å². The number of likely N-dealkylation sites (tertiary alicyclic amines) is 2. The number of imidazole rings is 1. The van der Waals surface area contributed by atoms with E-state index in [9.17, 15) is 4.79 Å². The van der Waals surface area contributed by atoms with E-state index in [2.05, 4.69) is 43.4 Å². The van der Waals surface area contributed by atoms with Crippen molar-refractivity contribution in [1.82, 2.24) is 24.3 Å². The monoisotopic (exact) mass is 353 g/mol. The van der Waals surface area contributed by atoms with Crippen molar-refractivity contribution in [3.8, 4) is 0 Å². The Kier molecular flexibility index (Phi) is 4.53. The van der Waals surface area contributed by atoms with Crippen molar-refractivity contribution in [3.63, 3.8) is 0 Å². The number of rotatable bonds is 4. The molecule has 1 atom stereocenters. The van der Waals surface area contributed by atoms with Gasteiger partial charge in [0.05, 0.1) is 12.1 Å². The van der Waals surface area contributed by atoms with Crippen molar-refractivity contribution in [2.45, 2.75) is 44.2 Å². The second-order valence-corrected chi connectivity index (χ2v) is 7.51. The van der Waals surface area contributed by atoms with E-state index in [4.69, 9.17) is 0 Å². The molecule has 2 aromatic heterocycles. The molecule has 0 N–H and O–H groups in total. The molecule has 6 heteroatoms. The predicted molar refractivity (Wildman–Crippen MR) is 99.4 cm³/mol. The van der Waals surface area contributed by atoms with E-state index in [0.29, 0.717) is 12.3 Å². The van der Waals surface area contributed by atoms with Gasteiger partial charge in [0.1, 0.15) is 5.82 Å². The van der Waals surface area contributed by atoms with Crippen LogP contribution in [-0.4, -0.2) is 55.4 Å². The molecule has 4 rings (SSSR count). The molecule has 1 amide bonds. The minimum absolute atomic E-state index is 0.0503. The summed E-state index contributed by atoms with van der Waals surface area (Å²) in [6, 6.07) is 4.16. The first-order valence-electron chi connectivity index (χ1n) is 9.53. The first-order valence-corrected chi connectivity index (χ1v) is 9.53. The molecule has 2 aliphatic rings. The molecule has 2 fully saturated rings. The SMILES string of the molecule is CCN1C(=O)C[C@@H](c2ccncc2)C12CCN(Cc1nccn1C)CC2. The smallest absolute Gasteiger partial charge is 0.223 e. The Hall–Kier alpha value is -2.21. The van der Waals surface area contributed by atoms with Gasteiger partial charge in [0.25, 0.3) is 0 Å². The van der Waals surface area contributed by atoms with Crippen LogP contribution in [0.3, 0.4) is 0 Å². The minimum Gasteiger partial charge on any atom is -0.337 e. The van der Waals surface area contributed by atoms with Gasteiger partial charge in [0.2, 0.25) is 5.91 Å². The number of hydrogen-bond donors (Lipinski definition) is 0. The lowest BCUT2D eigenvalue weighted by molar-refractivity contribution is -0.132. The van der Waals surface area contributed by atoms with Crippen LogP contribution in [0.15, 0.2) is 36.9 Å². The standard InChI is InChI=1S/C20H27N5O/c1-3-25-19(26)14-17(16-4-8-21-9-5-16)20(25)6-11-24(12-7-20)15-18-22-10-13-23(18)2/h4-5,8-10,13,17H,3,6-7,11-12,14-15H2,1-2H3/t17-/m0/s1. The molecule has 26 heavy (non-hydrogen) atoms. The van der Waals surface area contributed by atoms with Gasteiger partial charge in [-0.05, 0) is 37.5 Å². The van der Waals surface area contributed by atoms with E-state index >= 15 is 0 Å². The zero-order valence-corrected chi connectivity index (χ0v) is 15.6. The summed E-state index contributed by atoms with van der Waals surface area (Å²) in [7, 11) is 2.04. The normalized spacial score (nSPS) is 23.1. The molecule has 138 valence electrons. The largest absolute Gasteiger partial charge is 0.337 e. The molecule has 0 saturated carbocycles. The van der Waals surface area contributed by atoms with Gasteiger partial charge in [-0.25, -0.2) is 4.98 Å². The van der Waals surface area contributed by atoms with E-state index in [1.807, 2.05) is 31.8 Å². The lowest BCUT2D eigenvalue weighted by Crippen LogP contribution is -2.55. The van der Waals surface area contributed by atoms with Gasteiger partial charge in [-0.3, -0.25) is 14.7 Å². The average molecular weight is 353 g/mol. The number of piperidine rings is 1. The van der Waals surface area contributed by atoms with Crippen molar-refractivity contribution < 1.29 is 4.79 Å². The molecule has 4 heterocycles. The number of carbonyl (C=O) groups excluding carboxylic acids is 1. The zero-order valence-electron chi connectivity index (χ0n) is 15.6. The fraction of sp³-hybridized carbons (Fsp3) is 0.550. The maximum absolute atomic E-state index is 12.7. The lowest BCUT2D eigenvalue weighted by Gasteiger charge is -2.47. The predicted octanol–water partition coefficient (Wildman–Crippen LogP) is 2.19. The van der Waals surface area contributed by atoms with E-state index in [0.717, 1.165) is 44.8 Å². The van der Waals surface area contributed by atoms with Gasteiger partial charge in [0.15, 0.2) is 0 Å². The van der Waals surface area contributed by atoms with Crippen LogP contribution in [0.2, 0.25) is 0 Å². The van der Waals surface area contributed by atoms with Crippen LogP contribution in [-0.2, 0) is 18.4 Å². The molecule has 1 spiro atoms. The number of hydrogen-bond acceptors (Lipinski definition) is 4. The Morgan fingerprint density at radius 1 is 1.19 bits per heavy atom. The van der Waals surface area contributed by atoms with Crippen molar-refractivity contribution in [2.24, 2.45) is 7.05 Å². The molecule has 2 saturated heterocycles. The Bertz CT molecular complexity index is 764. The fourth-order valence-electron chi connectivity index (χ4n) is 4.89. The molecular weight excluding hydrogens is 326 g/mol. The van der Waals surface area contributed by atoms with Gasteiger partial charge >= 0.3 is 0 Å². The van der Waals surface area contributed by atoms with Crippen molar-refractivity contribution in [2.75, 3.05) is 19.6 Å². The van der Waals surface area contributed by atoms with Crippen LogP contribution in [0, 0.1) is 0 Å². The maximum Gasteiger partial charge on any atom is 0.223 e. The number of likely N-dealkylation sites (N-methyl/N-ethyl adjacent to an activating group) is 1. The third-order valence-electron chi connectivity index (χ3n) is 6.30. The highest BCUT2D eigenvalue weighted by molar-refractivity contribution is 5.81. The number of nitrogens with zero attached hydrogens (tertiary/aromatic N) is 5. The highest BCUT2D eigenvalue weighted by Crippen LogP contribution is 2.48. The summed E-state index contributed by atoms with van der Waals surface area (Å²) in [6.45, 7) is 5.77. The third-order valence-corrected chi connectivity index (χ3v) is 6.30. The molecule has 0 aromatic carbocycles. The van der Waals surface area contributed by atoms with E-state index in [-0.39, 0.29) is 11.5 Å². The zero-order chi connectivity index (χ0) is 18.1. The fourth-order valence-corrected chi connectivity index (χ4v) is 4.89. The van der Waals surface area contributed by atoms with Gasteiger partial charge in [0, 0.05) is 63.8 Å². The second kappa shape index (κ2) is 6.83. The van der Waals surface area contributed by atoms with Gasteiger partial charge < -0.3 is 9.47 Å². The van der Waals surface area contributed by atoms with Crippen LogP contribution in [0.25, 0.3) is 0 Å². The number of carbonyl (C=O) groups is 1. The van der Waals surface area contributed by atoms with Gasteiger partial charge in [-0.1, -0.05) is 0 Å². The van der Waals surface area contributed by atoms with E-state index in [1.54, 1.807) is 0 Å². The first kappa shape index (κ1) is 17.2. The molecule has 2 aromatic rings. The van der Waals surface area contributed by atoms with Crippen molar-refractivity contribution >= 4 is 5.91 Å². The summed E-state index contributed by atoms with van der Waals surface area (Å²) in [6.07, 6.45) is 10.2. The first-order chi connectivity index (χ1) is 12.6. The van der Waals surface area contributed by atoms with Crippen LogP contribution < -0.4 is 0 Å². The van der Waals surface area contributed by atoms with E-state index < -0.39 is 0 Å². The molecule has 0 bridgehead atoms. The highest BCUT2D eigenvalue weighted by atomic mass is 16.2. The summed E-state index contributed by atoms with van der Waals surface area (Å²) in [5, 5.41) is 0. The molecule has 0 aliphatic carbocycles. The summed E-state index contributed by atoms with van der Waals surface area (Å²) >= 11 is 0. The Morgan fingerprint density at radius 3 is 2.54 bits per heavy atom. The van der Waals surface area contributed by atoms with Crippen molar-refractivity contribution in [3.05, 3.63) is 48.3 Å². The summed E-state index contributed by atoms with van der Waals surface area (Å²) < 4.78 is 2.08. The maximum atomic E-state index is 12.7. The lowest BCUT2D eigenvalue weighted by atomic mass is 9.74. The van der Waals surface area contributed by atoms with Gasteiger partial charge in [-0.2, -0.15) is 0 Å². The minimum atomic E-state index is -0.0503. The summed E-state index contributed by atoms with van der Waals surface area (Å²) in [4.78, 5) is 26.0. The molecule has 0 radical (unpaired) electrons. The van der Waals surface area contributed by atoms with Crippen LogP contribution in [0.1, 0.15) is 43.5 Å². The van der Waals surface area contributed by atoms with Crippen molar-refractivity contribution in [1.29, 1.82) is 0 Å². The molecule has 2 aliphatic heterocycles. The number of amides is 1.